The predicted octanol–water partition coefficient (Wildman–Crippen LogP) is 4.14. The number of aryl methyl sites for hydroxylation is 2. The molecule has 7 nitrogen and oxygen atoms in total. The van der Waals surface area contributed by atoms with Crippen molar-refractivity contribution in [2.24, 2.45) is 0 Å². The van der Waals surface area contributed by atoms with Gasteiger partial charge in [-0.15, -0.1) is 0 Å². The van der Waals surface area contributed by atoms with Crippen LogP contribution in [0.1, 0.15) is 11.1 Å². The molecular weight excluding hydrogens is 340 g/mol. The summed E-state index contributed by atoms with van der Waals surface area (Å²) in [6.45, 7) is 3.94. The van der Waals surface area contributed by atoms with Crippen molar-refractivity contribution in [3.05, 3.63) is 66.2 Å². The molecule has 3 N–H and O–H groups in total. The molecule has 0 fully saturated rings. The smallest absolute Gasteiger partial charge is 0.227 e. The number of hydrogen-bond acceptors (Lipinski definition) is 7. The lowest BCUT2D eigenvalue weighted by Crippen LogP contribution is -2.00. The van der Waals surface area contributed by atoms with E-state index in [1.165, 1.54) is 0 Å². The minimum Gasteiger partial charge on any atom is -0.399 e. The molecular formula is C20H18N6O. The minimum absolute atomic E-state index is 0.488. The maximum Gasteiger partial charge on any atom is 0.227 e. The molecule has 0 aliphatic carbocycles. The second kappa shape index (κ2) is 6.87. The zero-order valence-electron chi connectivity index (χ0n) is 15.0. The summed E-state index contributed by atoms with van der Waals surface area (Å²) in [5.74, 6) is 1.19. The summed E-state index contributed by atoms with van der Waals surface area (Å²) in [5.41, 5.74) is 11.9. The van der Waals surface area contributed by atoms with Crippen molar-refractivity contribution in [2.75, 3.05) is 11.1 Å². The first-order chi connectivity index (χ1) is 13.1. The molecule has 7 heteroatoms. The van der Waals surface area contributed by atoms with Crippen molar-refractivity contribution >= 4 is 17.3 Å². The van der Waals surface area contributed by atoms with Crippen LogP contribution in [-0.4, -0.2) is 20.1 Å². The molecule has 0 bridgehead atoms. The summed E-state index contributed by atoms with van der Waals surface area (Å²) in [7, 11) is 0. The van der Waals surface area contributed by atoms with E-state index in [9.17, 15) is 0 Å². The SMILES string of the molecule is Cc1ccc(N)cc1Nc1nccc(-c2cncc(-c3oncc3C)c2)n1. The Morgan fingerprint density at radius 1 is 0.963 bits per heavy atom. The van der Waals surface area contributed by atoms with E-state index in [0.29, 0.717) is 17.4 Å². The van der Waals surface area contributed by atoms with Gasteiger partial charge in [-0.25, -0.2) is 9.97 Å². The highest BCUT2D eigenvalue weighted by molar-refractivity contribution is 5.70. The molecule has 0 aliphatic heterocycles. The molecule has 0 aliphatic rings. The fourth-order valence-corrected chi connectivity index (χ4v) is 2.75. The van der Waals surface area contributed by atoms with E-state index in [-0.39, 0.29) is 0 Å². The molecule has 0 saturated carbocycles. The molecule has 1 aromatic carbocycles. The van der Waals surface area contributed by atoms with E-state index in [2.05, 4.69) is 25.4 Å². The Morgan fingerprint density at radius 3 is 2.63 bits per heavy atom. The van der Waals surface area contributed by atoms with E-state index in [0.717, 1.165) is 33.6 Å². The number of aromatic nitrogens is 4. The summed E-state index contributed by atoms with van der Waals surface area (Å²) >= 11 is 0. The quantitative estimate of drug-likeness (QED) is 0.529. The predicted molar refractivity (Wildman–Crippen MR) is 104 cm³/mol. The third kappa shape index (κ3) is 3.48. The Kier molecular flexibility index (Phi) is 4.25. The normalized spacial score (nSPS) is 10.7. The topological polar surface area (TPSA) is 103 Å². The fourth-order valence-electron chi connectivity index (χ4n) is 2.75. The number of hydrogen-bond donors (Lipinski definition) is 2. The number of nitrogens with two attached hydrogens (primary N) is 1. The van der Waals surface area contributed by atoms with E-state index < -0.39 is 0 Å². The second-order valence-electron chi connectivity index (χ2n) is 6.27. The van der Waals surface area contributed by atoms with Gasteiger partial charge in [0.2, 0.25) is 5.95 Å². The standard InChI is InChI=1S/C20H18N6O/c1-12-3-4-16(21)8-18(12)26-20-23-6-5-17(25-20)14-7-15(11-22-10-14)19-13(2)9-24-27-19/h3-11H,21H2,1-2H3,(H,23,25,26). The van der Waals surface area contributed by atoms with Crippen LogP contribution < -0.4 is 11.1 Å². The number of pyridine rings is 1. The molecule has 134 valence electrons. The Morgan fingerprint density at radius 2 is 1.81 bits per heavy atom. The van der Waals surface area contributed by atoms with Crippen LogP contribution in [0.25, 0.3) is 22.6 Å². The number of nitrogens with zero attached hydrogens (tertiary/aromatic N) is 4. The van der Waals surface area contributed by atoms with Crippen molar-refractivity contribution in [3.8, 4) is 22.6 Å². The third-order valence-electron chi connectivity index (χ3n) is 4.21. The number of rotatable bonds is 4. The average Bonchev–Trinajstić information content (AvgIpc) is 3.11. The highest BCUT2D eigenvalue weighted by atomic mass is 16.5. The van der Waals surface area contributed by atoms with Gasteiger partial charge in [-0.2, -0.15) is 0 Å². The van der Waals surface area contributed by atoms with Crippen LogP contribution in [0.15, 0.2) is 59.6 Å². The van der Waals surface area contributed by atoms with Crippen molar-refractivity contribution in [3.63, 3.8) is 0 Å². The first-order valence-corrected chi connectivity index (χ1v) is 8.43. The van der Waals surface area contributed by atoms with Gasteiger partial charge in [0.25, 0.3) is 0 Å². The molecule has 4 aromatic rings. The number of nitrogens with one attached hydrogen (secondary N) is 1. The monoisotopic (exact) mass is 358 g/mol. The lowest BCUT2D eigenvalue weighted by Gasteiger charge is -2.10. The van der Waals surface area contributed by atoms with Crippen molar-refractivity contribution in [2.45, 2.75) is 13.8 Å². The Balaban J connectivity index is 1.67. The maximum atomic E-state index is 5.87. The van der Waals surface area contributed by atoms with Crippen LogP contribution in [0.2, 0.25) is 0 Å². The first-order valence-electron chi connectivity index (χ1n) is 8.43. The second-order valence-corrected chi connectivity index (χ2v) is 6.27. The summed E-state index contributed by atoms with van der Waals surface area (Å²) in [6.07, 6.45) is 6.89. The molecule has 3 aromatic heterocycles. The van der Waals surface area contributed by atoms with Crippen molar-refractivity contribution in [1.29, 1.82) is 0 Å². The van der Waals surface area contributed by atoms with Gasteiger partial charge in [-0.3, -0.25) is 4.98 Å². The lowest BCUT2D eigenvalue weighted by atomic mass is 10.1. The van der Waals surface area contributed by atoms with Crippen molar-refractivity contribution in [1.82, 2.24) is 20.1 Å². The fraction of sp³-hybridized carbons (Fsp3) is 0.100. The summed E-state index contributed by atoms with van der Waals surface area (Å²) in [6, 6.07) is 9.49. The van der Waals surface area contributed by atoms with Gasteiger partial charge in [0.05, 0.1) is 11.9 Å². The molecule has 0 amide bonds. The number of benzene rings is 1. The first kappa shape index (κ1) is 16.7. The molecule has 0 spiro atoms. The van der Waals surface area contributed by atoms with Crippen LogP contribution in [0, 0.1) is 13.8 Å². The van der Waals surface area contributed by atoms with Gasteiger partial charge in [-0.05, 0) is 43.7 Å². The van der Waals surface area contributed by atoms with E-state index in [1.807, 2.05) is 44.2 Å². The minimum atomic E-state index is 0.488. The van der Waals surface area contributed by atoms with Crippen LogP contribution in [0.4, 0.5) is 17.3 Å². The average molecular weight is 358 g/mol. The summed E-state index contributed by atoms with van der Waals surface area (Å²) in [5, 5.41) is 7.05. The summed E-state index contributed by atoms with van der Waals surface area (Å²) < 4.78 is 5.32. The lowest BCUT2D eigenvalue weighted by molar-refractivity contribution is 0.432. The zero-order valence-corrected chi connectivity index (χ0v) is 15.0. The summed E-state index contributed by atoms with van der Waals surface area (Å²) in [4.78, 5) is 13.2. The largest absolute Gasteiger partial charge is 0.399 e. The van der Waals surface area contributed by atoms with Crippen LogP contribution >= 0.6 is 0 Å². The number of nitrogen functional groups attached to an aromatic ring is 1. The van der Waals surface area contributed by atoms with Crippen LogP contribution in [-0.2, 0) is 0 Å². The van der Waals surface area contributed by atoms with Gasteiger partial charge in [-0.1, -0.05) is 11.2 Å². The molecule has 27 heavy (non-hydrogen) atoms. The molecule has 0 radical (unpaired) electrons. The van der Waals surface area contributed by atoms with Gasteiger partial charge in [0.15, 0.2) is 5.76 Å². The van der Waals surface area contributed by atoms with E-state index in [4.69, 9.17) is 10.3 Å². The van der Waals surface area contributed by atoms with Crippen molar-refractivity contribution < 1.29 is 4.52 Å². The van der Waals surface area contributed by atoms with E-state index in [1.54, 1.807) is 24.8 Å². The van der Waals surface area contributed by atoms with E-state index >= 15 is 0 Å². The van der Waals surface area contributed by atoms with Crippen LogP contribution in [0.5, 0.6) is 0 Å². The number of anilines is 3. The van der Waals surface area contributed by atoms with Gasteiger partial charge < -0.3 is 15.6 Å². The molecule has 0 unspecified atom stereocenters. The molecule has 0 saturated heterocycles. The third-order valence-corrected chi connectivity index (χ3v) is 4.21. The van der Waals surface area contributed by atoms with Crippen LogP contribution in [0.3, 0.4) is 0 Å². The highest BCUT2D eigenvalue weighted by Crippen LogP contribution is 2.27. The molecule has 3 heterocycles. The molecule has 4 rings (SSSR count). The van der Waals surface area contributed by atoms with Gasteiger partial charge in [0.1, 0.15) is 0 Å². The Labute approximate surface area is 156 Å². The zero-order chi connectivity index (χ0) is 18.8. The molecule has 0 atom stereocenters. The highest BCUT2D eigenvalue weighted by Gasteiger charge is 2.10. The Bertz CT molecular complexity index is 1110. The van der Waals surface area contributed by atoms with Gasteiger partial charge >= 0.3 is 0 Å². The van der Waals surface area contributed by atoms with Gasteiger partial charge in [0, 0.05) is 46.7 Å². The maximum absolute atomic E-state index is 5.87. The Hall–Kier alpha value is -3.74.